The summed E-state index contributed by atoms with van der Waals surface area (Å²) in [6, 6.07) is 0. The number of hydrogen-bond donors (Lipinski definition) is 0. The van der Waals surface area contributed by atoms with Gasteiger partial charge in [0.2, 0.25) is 0 Å². The zero-order valence-electron chi connectivity index (χ0n) is 6.81. The molecule has 10 heavy (non-hydrogen) atoms. The van der Waals surface area contributed by atoms with E-state index in [0.717, 1.165) is 5.92 Å². The Labute approximate surface area is 63.8 Å². The Balaban J connectivity index is 2.24. The molecule has 1 saturated carbocycles. The van der Waals surface area contributed by atoms with E-state index in [0.29, 0.717) is 0 Å². The van der Waals surface area contributed by atoms with Gasteiger partial charge in [-0.2, -0.15) is 0 Å². The van der Waals surface area contributed by atoms with E-state index >= 15 is 0 Å². The summed E-state index contributed by atoms with van der Waals surface area (Å²) >= 11 is 0. The molecular formula is C9H17O. The summed E-state index contributed by atoms with van der Waals surface area (Å²) in [5.74, 6) is 0.735. The molecule has 1 radical (unpaired) electrons. The van der Waals surface area contributed by atoms with Gasteiger partial charge in [0.25, 0.3) is 0 Å². The van der Waals surface area contributed by atoms with E-state index in [1.54, 1.807) is 7.11 Å². The minimum absolute atomic E-state index is 0.236. The van der Waals surface area contributed by atoms with Crippen molar-refractivity contribution in [2.75, 3.05) is 7.11 Å². The van der Waals surface area contributed by atoms with Gasteiger partial charge >= 0.3 is 0 Å². The topological polar surface area (TPSA) is 9.23 Å². The van der Waals surface area contributed by atoms with E-state index in [9.17, 15) is 0 Å². The van der Waals surface area contributed by atoms with Crippen LogP contribution in [0.5, 0.6) is 0 Å². The van der Waals surface area contributed by atoms with E-state index < -0.39 is 0 Å². The van der Waals surface area contributed by atoms with Crippen LogP contribution in [0.4, 0.5) is 0 Å². The molecule has 0 aliphatic heterocycles. The summed E-state index contributed by atoms with van der Waals surface area (Å²) in [6.45, 7) is 3.96. The predicted molar refractivity (Wildman–Crippen MR) is 42.7 cm³/mol. The molecule has 0 amide bonds. The van der Waals surface area contributed by atoms with Gasteiger partial charge in [-0.05, 0) is 25.7 Å². The first-order chi connectivity index (χ1) is 4.84. The number of ether oxygens (including phenoxy) is 1. The van der Waals surface area contributed by atoms with Crippen molar-refractivity contribution in [3.63, 3.8) is 0 Å². The van der Waals surface area contributed by atoms with Crippen LogP contribution in [0.25, 0.3) is 0 Å². The molecule has 0 spiro atoms. The van der Waals surface area contributed by atoms with E-state index in [2.05, 4.69) is 6.92 Å². The van der Waals surface area contributed by atoms with Crippen LogP contribution in [0.1, 0.15) is 32.1 Å². The summed E-state index contributed by atoms with van der Waals surface area (Å²) in [6.07, 6.45) is 7.04. The van der Waals surface area contributed by atoms with Gasteiger partial charge in [-0.15, -0.1) is 0 Å². The van der Waals surface area contributed by atoms with Crippen LogP contribution in [-0.4, -0.2) is 13.2 Å². The summed E-state index contributed by atoms with van der Waals surface area (Å²) < 4.78 is 5.18. The van der Waals surface area contributed by atoms with Gasteiger partial charge in [-0.25, -0.2) is 0 Å². The van der Waals surface area contributed by atoms with E-state index in [1.165, 1.54) is 32.1 Å². The van der Waals surface area contributed by atoms with Crippen LogP contribution in [0.3, 0.4) is 0 Å². The Morgan fingerprint density at radius 2 is 1.90 bits per heavy atom. The normalized spacial score (nSPS) is 24.6. The van der Waals surface area contributed by atoms with Crippen LogP contribution in [0.15, 0.2) is 0 Å². The van der Waals surface area contributed by atoms with Crippen molar-refractivity contribution in [2.45, 2.75) is 38.2 Å². The number of rotatable bonds is 2. The van der Waals surface area contributed by atoms with Crippen molar-refractivity contribution >= 4 is 0 Å². The highest BCUT2D eigenvalue weighted by atomic mass is 16.5. The van der Waals surface area contributed by atoms with Crippen molar-refractivity contribution in [3.05, 3.63) is 6.92 Å². The zero-order valence-corrected chi connectivity index (χ0v) is 6.81. The first-order valence-corrected chi connectivity index (χ1v) is 4.20. The number of methoxy groups -OCH3 is 1. The minimum Gasteiger partial charge on any atom is -0.381 e. The maximum absolute atomic E-state index is 5.18. The van der Waals surface area contributed by atoms with Crippen molar-refractivity contribution in [2.24, 2.45) is 5.92 Å². The Hall–Kier alpha value is -0.0400. The zero-order chi connectivity index (χ0) is 7.40. The van der Waals surface area contributed by atoms with Crippen molar-refractivity contribution in [1.82, 2.24) is 0 Å². The molecule has 1 heteroatoms. The second-order valence-corrected chi connectivity index (χ2v) is 3.17. The monoisotopic (exact) mass is 141 g/mol. The lowest BCUT2D eigenvalue weighted by Crippen LogP contribution is -2.21. The van der Waals surface area contributed by atoms with Crippen LogP contribution in [-0.2, 0) is 4.74 Å². The van der Waals surface area contributed by atoms with Crippen LogP contribution in [0.2, 0.25) is 0 Å². The quantitative estimate of drug-likeness (QED) is 0.574. The Kier molecular flexibility index (Phi) is 3.20. The van der Waals surface area contributed by atoms with Gasteiger partial charge in [0.05, 0.1) is 6.10 Å². The van der Waals surface area contributed by atoms with Crippen molar-refractivity contribution in [3.8, 4) is 0 Å². The van der Waals surface area contributed by atoms with Gasteiger partial charge in [0.15, 0.2) is 0 Å². The largest absolute Gasteiger partial charge is 0.381 e. The molecule has 1 nitrogen and oxygen atoms in total. The standard InChI is InChI=1S/C9H17O/c1-8(10-2)9-6-4-3-5-7-9/h8-9H,1,3-7H2,2H3. The average Bonchev–Trinajstić information content (AvgIpc) is 2.05. The highest BCUT2D eigenvalue weighted by molar-refractivity contribution is 4.75. The average molecular weight is 141 g/mol. The molecule has 1 rings (SSSR count). The fraction of sp³-hybridized carbons (Fsp3) is 0.889. The van der Waals surface area contributed by atoms with Gasteiger partial charge in [0.1, 0.15) is 0 Å². The molecule has 59 valence electrons. The lowest BCUT2D eigenvalue weighted by Gasteiger charge is -2.26. The fourth-order valence-electron chi connectivity index (χ4n) is 1.70. The van der Waals surface area contributed by atoms with Gasteiger partial charge in [0, 0.05) is 7.11 Å². The third-order valence-electron chi connectivity index (χ3n) is 2.48. The first kappa shape index (κ1) is 8.06. The second kappa shape index (κ2) is 3.97. The highest BCUT2D eigenvalue weighted by Crippen LogP contribution is 2.26. The molecule has 1 unspecified atom stereocenters. The summed E-state index contributed by atoms with van der Waals surface area (Å²) in [7, 11) is 1.76. The SMILES string of the molecule is [CH2]C(OC)C1CCCCC1. The third kappa shape index (κ3) is 1.98. The molecular weight excluding hydrogens is 124 g/mol. The molecule has 0 bridgehead atoms. The second-order valence-electron chi connectivity index (χ2n) is 3.17. The molecule has 0 aromatic carbocycles. The lowest BCUT2D eigenvalue weighted by molar-refractivity contribution is 0.0699. The van der Waals surface area contributed by atoms with E-state index in [-0.39, 0.29) is 6.10 Å². The summed E-state index contributed by atoms with van der Waals surface area (Å²) in [5, 5.41) is 0. The van der Waals surface area contributed by atoms with E-state index in [1.807, 2.05) is 0 Å². The maximum atomic E-state index is 5.18. The van der Waals surface area contributed by atoms with Crippen molar-refractivity contribution in [1.29, 1.82) is 0 Å². The van der Waals surface area contributed by atoms with Crippen LogP contribution < -0.4 is 0 Å². The molecule has 0 N–H and O–H groups in total. The molecule has 1 atom stereocenters. The van der Waals surface area contributed by atoms with Gasteiger partial charge in [-0.1, -0.05) is 19.3 Å². The lowest BCUT2D eigenvalue weighted by atomic mass is 9.86. The molecule has 1 aliphatic rings. The molecule has 0 heterocycles. The van der Waals surface area contributed by atoms with Gasteiger partial charge in [-0.3, -0.25) is 0 Å². The molecule has 0 saturated heterocycles. The molecule has 1 aliphatic carbocycles. The maximum Gasteiger partial charge on any atom is 0.0600 e. The highest BCUT2D eigenvalue weighted by Gasteiger charge is 2.18. The predicted octanol–water partition coefficient (Wildman–Crippen LogP) is 2.42. The molecule has 0 aromatic rings. The van der Waals surface area contributed by atoms with E-state index in [4.69, 9.17) is 4.74 Å². The third-order valence-corrected chi connectivity index (χ3v) is 2.48. The fourth-order valence-corrected chi connectivity index (χ4v) is 1.70. The van der Waals surface area contributed by atoms with Crippen molar-refractivity contribution < 1.29 is 4.74 Å². The van der Waals surface area contributed by atoms with Gasteiger partial charge < -0.3 is 4.74 Å². The molecule has 0 aromatic heterocycles. The Morgan fingerprint density at radius 3 is 2.40 bits per heavy atom. The van der Waals surface area contributed by atoms with Crippen LogP contribution in [0, 0.1) is 12.8 Å². The summed E-state index contributed by atoms with van der Waals surface area (Å²) in [4.78, 5) is 0. The number of hydrogen-bond acceptors (Lipinski definition) is 1. The smallest absolute Gasteiger partial charge is 0.0600 e. The molecule has 1 fully saturated rings. The minimum atomic E-state index is 0.236. The summed E-state index contributed by atoms with van der Waals surface area (Å²) in [5.41, 5.74) is 0. The first-order valence-electron chi connectivity index (χ1n) is 4.20. The van der Waals surface area contributed by atoms with Crippen LogP contribution >= 0.6 is 0 Å². The Morgan fingerprint density at radius 1 is 1.30 bits per heavy atom. The Bertz CT molecular complexity index is 84.7.